The van der Waals surface area contributed by atoms with Crippen LogP contribution in [0.5, 0.6) is 0 Å². The molecule has 0 unspecified atom stereocenters. The van der Waals surface area contributed by atoms with Crippen molar-refractivity contribution < 1.29 is 9.21 Å². The minimum absolute atomic E-state index is 0.257. The van der Waals surface area contributed by atoms with E-state index in [1.165, 1.54) is 29.7 Å². The van der Waals surface area contributed by atoms with E-state index < -0.39 is 0 Å². The Morgan fingerprint density at radius 2 is 2.11 bits per heavy atom. The van der Waals surface area contributed by atoms with E-state index >= 15 is 0 Å². The largest absolute Gasteiger partial charge is 0.451 e. The van der Waals surface area contributed by atoms with Gasteiger partial charge in [0.05, 0.1) is 10.2 Å². The van der Waals surface area contributed by atoms with E-state index in [4.69, 9.17) is 4.42 Å². The predicted octanol–water partition coefficient (Wildman–Crippen LogP) is 5.72. The van der Waals surface area contributed by atoms with Gasteiger partial charge in [-0.1, -0.05) is 55.0 Å². The molecule has 28 heavy (non-hydrogen) atoms. The molecule has 0 saturated heterocycles. The van der Waals surface area contributed by atoms with Gasteiger partial charge in [0.1, 0.15) is 5.58 Å². The molecule has 0 fully saturated rings. The van der Waals surface area contributed by atoms with Crippen molar-refractivity contribution in [2.75, 3.05) is 0 Å². The number of aromatic nitrogens is 1. The summed E-state index contributed by atoms with van der Waals surface area (Å²) in [6, 6.07) is 15.8. The fraction of sp³-hybridized carbons (Fsp3) is 0.217. The predicted molar refractivity (Wildman–Crippen MR) is 115 cm³/mol. The quantitative estimate of drug-likeness (QED) is 0.395. The number of hydrogen-bond donors (Lipinski definition) is 0. The number of furan rings is 1. The highest BCUT2D eigenvalue weighted by atomic mass is 32.1. The molecular weight excluding hydrogens is 368 g/mol. The number of amides is 1. The van der Waals surface area contributed by atoms with Crippen LogP contribution in [0.25, 0.3) is 21.2 Å². The van der Waals surface area contributed by atoms with Crippen LogP contribution < -0.4 is 4.80 Å². The molecule has 4 aromatic rings. The van der Waals surface area contributed by atoms with E-state index in [2.05, 4.69) is 36.7 Å². The number of thiazole rings is 1. The van der Waals surface area contributed by atoms with Gasteiger partial charge in [-0.3, -0.25) is 4.79 Å². The summed E-state index contributed by atoms with van der Waals surface area (Å²) in [5.74, 6) is -0.112. The molecule has 0 N–H and O–H groups in total. The third-order valence-electron chi connectivity index (χ3n) is 4.71. The number of allylic oxidation sites excluding steroid dienone is 1. The molecule has 0 atom stereocenters. The second-order valence-electron chi connectivity index (χ2n) is 6.75. The highest BCUT2D eigenvalue weighted by molar-refractivity contribution is 7.16. The molecule has 4 nitrogen and oxygen atoms in total. The summed E-state index contributed by atoms with van der Waals surface area (Å²) in [5, 5.41) is 0.900. The van der Waals surface area contributed by atoms with Gasteiger partial charge in [-0.25, -0.2) is 0 Å². The molecule has 0 aliphatic heterocycles. The Bertz CT molecular complexity index is 1190. The average molecular weight is 391 g/mol. The molecule has 2 heterocycles. The van der Waals surface area contributed by atoms with Crippen LogP contribution in [0.3, 0.4) is 0 Å². The highest BCUT2D eigenvalue weighted by Crippen LogP contribution is 2.22. The number of para-hydroxylation sites is 1. The van der Waals surface area contributed by atoms with Crippen molar-refractivity contribution in [3.05, 3.63) is 77.3 Å². The molecule has 0 bridgehead atoms. The second kappa shape index (κ2) is 7.98. The van der Waals surface area contributed by atoms with Gasteiger partial charge in [-0.2, -0.15) is 4.99 Å². The summed E-state index contributed by atoms with van der Waals surface area (Å²) in [7, 11) is 0. The Balaban J connectivity index is 1.77. The Labute approximate surface area is 167 Å². The maximum absolute atomic E-state index is 12.7. The van der Waals surface area contributed by atoms with Gasteiger partial charge < -0.3 is 8.98 Å². The maximum Gasteiger partial charge on any atom is 0.315 e. The highest BCUT2D eigenvalue weighted by Gasteiger charge is 2.13. The van der Waals surface area contributed by atoms with Crippen LogP contribution in [0.2, 0.25) is 0 Å². The van der Waals surface area contributed by atoms with Crippen molar-refractivity contribution in [3.63, 3.8) is 0 Å². The summed E-state index contributed by atoms with van der Waals surface area (Å²) < 4.78 is 8.83. The van der Waals surface area contributed by atoms with Crippen LogP contribution in [-0.4, -0.2) is 10.5 Å². The Morgan fingerprint density at radius 3 is 2.89 bits per heavy atom. The van der Waals surface area contributed by atoms with Crippen molar-refractivity contribution >= 4 is 38.4 Å². The van der Waals surface area contributed by atoms with E-state index in [9.17, 15) is 4.79 Å². The number of aryl methyl sites for hydroxylation is 1. The summed E-state index contributed by atoms with van der Waals surface area (Å²) in [5.41, 5.74) is 3.08. The number of carbonyl (C=O) groups excluding carboxylic acids is 1. The Kier molecular flexibility index (Phi) is 5.26. The molecule has 1 amide bonds. The van der Waals surface area contributed by atoms with Gasteiger partial charge >= 0.3 is 5.91 Å². The molecule has 0 radical (unpaired) electrons. The van der Waals surface area contributed by atoms with Crippen molar-refractivity contribution in [3.8, 4) is 0 Å². The number of unbranched alkanes of at least 4 members (excludes halogenated alkanes) is 1. The van der Waals surface area contributed by atoms with E-state index in [1.807, 2.05) is 34.9 Å². The fourth-order valence-electron chi connectivity index (χ4n) is 3.27. The second-order valence-corrected chi connectivity index (χ2v) is 7.76. The van der Waals surface area contributed by atoms with Gasteiger partial charge in [0.15, 0.2) is 10.6 Å². The fourth-order valence-corrected chi connectivity index (χ4v) is 4.38. The number of benzene rings is 2. The van der Waals surface area contributed by atoms with Crippen LogP contribution in [-0.2, 0) is 13.0 Å². The first-order valence-electron chi connectivity index (χ1n) is 9.50. The Morgan fingerprint density at radius 1 is 1.25 bits per heavy atom. The zero-order valence-corrected chi connectivity index (χ0v) is 16.7. The van der Waals surface area contributed by atoms with Crippen LogP contribution in [0.4, 0.5) is 0 Å². The smallest absolute Gasteiger partial charge is 0.315 e. The van der Waals surface area contributed by atoms with E-state index in [-0.39, 0.29) is 11.7 Å². The molecular formula is C23H22N2O2S. The molecule has 0 aliphatic carbocycles. The SMILES string of the molecule is C=CCn1c(=NC(=O)c2cc3ccccc3o2)sc2cc(CCCC)ccc21. The Hall–Kier alpha value is -2.92. The molecule has 2 aromatic carbocycles. The number of hydrogen-bond acceptors (Lipinski definition) is 3. The molecule has 2 aromatic heterocycles. The number of fused-ring (bicyclic) bond motifs is 2. The minimum atomic E-state index is -0.369. The molecule has 5 heteroatoms. The van der Waals surface area contributed by atoms with Gasteiger partial charge in [-0.15, -0.1) is 6.58 Å². The van der Waals surface area contributed by atoms with E-state index in [0.29, 0.717) is 16.9 Å². The number of carbonyl (C=O) groups is 1. The molecule has 4 rings (SSSR count). The number of rotatable bonds is 6. The van der Waals surface area contributed by atoms with Crippen molar-refractivity contribution in [2.24, 2.45) is 4.99 Å². The molecule has 0 aliphatic rings. The lowest BCUT2D eigenvalue weighted by Crippen LogP contribution is -2.16. The zero-order valence-electron chi connectivity index (χ0n) is 15.9. The first kappa shape index (κ1) is 18.4. The summed E-state index contributed by atoms with van der Waals surface area (Å²) >= 11 is 1.53. The maximum atomic E-state index is 12.7. The summed E-state index contributed by atoms with van der Waals surface area (Å²) in [6.45, 7) is 6.64. The molecule has 0 saturated carbocycles. The van der Waals surface area contributed by atoms with Crippen LogP contribution in [0.1, 0.15) is 35.9 Å². The summed E-state index contributed by atoms with van der Waals surface area (Å²) in [6.07, 6.45) is 5.23. The number of nitrogens with zero attached hydrogens (tertiary/aromatic N) is 2. The molecule has 142 valence electrons. The minimum Gasteiger partial charge on any atom is -0.451 e. The van der Waals surface area contributed by atoms with Crippen LogP contribution in [0, 0.1) is 0 Å². The van der Waals surface area contributed by atoms with E-state index in [0.717, 1.165) is 22.0 Å². The average Bonchev–Trinajstić information content (AvgIpc) is 3.28. The third-order valence-corrected chi connectivity index (χ3v) is 5.75. The zero-order chi connectivity index (χ0) is 19.5. The van der Waals surface area contributed by atoms with Gasteiger partial charge in [-0.05, 0) is 42.7 Å². The van der Waals surface area contributed by atoms with Crippen LogP contribution in [0.15, 0.2) is 70.6 Å². The van der Waals surface area contributed by atoms with Gasteiger partial charge in [0.2, 0.25) is 0 Å². The summed E-state index contributed by atoms with van der Waals surface area (Å²) in [4.78, 5) is 17.8. The van der Waals surface area contributed by atoms with Crippen LogP contribution >= 0.6 is 11.3 Å². The third kappa shape index (κ3) is 3.58. The lowest BCUT2D eigenvalue weighted by molar-refractivity contribution is 0.0973. The van der Waals surface area contributed by atoms with Crippen molar-refractivity contribution in [1.82, 2.24) is 4.57 Å². The monoisotopic (exact) mass is 390 g/mol. The topological polar surface area (TPSA) is 47.5 Å². The van der Waals surface area contributed by atoms with Gasteiger partial charge in [0, 0.05) is 11.9 Å². The lowest BCUT2D eigenvalue weighted by Gasteiger charge is -2.03. The standard InChI is InChI=1S/C23H22N2O2S/c1-3-5-8-16-11-12-18-21(14-16)28-23(25(18)13-4-2)24-22(26)20-15-17-9-6-7-10-19(17)27-20/h4,6-7,9-12,14-15H,2-3,5,8,13H2,1H3. The normalized spacial score (nSPS) is 12.1. The molecule has 0 spiro atoms. The first-order valence-corrected chi connectivity index (χ1v) is 10.3. The van der Waals surface area contributed by atoms with Crippen molar-refractivity contribution in [2.45, 2.75) is 32.7 Å². The first-order chi connectivity index (χ1) is 13.7. The van der Waals surface area contributed by atoms with E-state index in [1.54, 1.807) is 6.07 Å². The van der Waals surface area contributed by atoms with Crippen molar-refractivity contribution in [1.29, 1.82) is 0 Å². The lowest BCUT2D eigenvalue weighted by atomic mass is 10.1. The van der Waals surface area contributed by atoms with Gasteiger partial charge in [0.25, 0.3) is 0 Å².